The minimum atomic E-state index is -0.0352. The summed E-state index contributed by atoms with van der Waals surface area (Å²) < 4.78 is 0.941. The fourth-order valence-electron chi connectivity index (χ4n) is 2.41. The topological polar surface area (TPSA) is 69.6 Å². The van der Waals surface area contributed by atoms with Crippen LogP contribution in [0.2, 0.25) is 0 Å². The zero-order valence-electron chi connectivity index (χ0n) is 15.5. The molecule has 0 aliphatic heterocycles. The van der Waals surface area contributed by atoms with Gasteiger partial charge in [-0.25, -0.2) is 4.98 Å². The van der Waals surface area contributed by atoms with Gasteiger partial charge < -0.3 is 15.5 Å². The smallest absolute Gasteiger partial charge is 0.226 e. The first-order valence-corrected chi connectivity index (χ1v) is 9.95. The van der Waals surface area contributed by atoms with Crippen molar-refractivity contribution in [1.82, 2.24) is 15.2 Å². The maximum atomic E-state index is 12.2. The fourth-order valence-corrected chi connectivity index (χ4v) is 3.38. The summed E-state index contributed by atoms with van der Waals surface area (Å²) in [6, 6.07) is 5.83. The molecule has 26 heavy (non-hydrogen) atoms. The summed E-state index contributed by atoms with van der Waals surface area (Å²) in [5, 5.41) is 9.26. The third-order valence-corrected chi connectivity index (χ3v) is 5.06. The van der Waals surface area contributed by atoms with Crippen molar-refractivity contribution in [3.63, 3.8) is 0 Å². The van der Waals surface area contributed by atoms with E-state index < -0.39 is 0 Å². The number of nitrogens with zero attached hydrogens (tertiary/aromatic N) is 3. The Morgan fingerprint density at radius 1 is 1.38 bits per heavy atom. The number of benzene rings is 1. The first-order chi connectivity index (χ1) is 12.4. The van der Waals surface area contributed by atoms with Crippen LogP contribution in [0.1, 0.15) is 22.7 Å². The molecular weight excluding hydrogens is 414 g/mol. The van der Waals surface area contributed by atoms with Crippen molar-refractivity contribution in [3.8, 4) is 0 Å². The van der Waals surface area contributed by atoms with Gasteiger partial charge >= 0.3 is 0 Å². The minimum absolute atomic E-state index is 0.0352. The number of aliphatic imine (C=N–C) groups is 1. The number of halogens is 1. The number of aryl methyl sites for hydroxylation is 2. The summed E-state index contributed by atoms with van der Waals surface area (Å²) in [5.41, 5.74) is 2.87. The van der Waals surface area contributed by atoms with E-state index in [1.54, 1.807) is 18.4 Å². The summed E-state index contributed by atoms with van der Waals surface area (Å²) in [6.07, 6.45) is 0.356. The second-order valence-corrected chi connectivity index (χ2v) is 7.92. The van der Waals surface area contributed by atoms with Crippen molar-refractivity contribution in [1.29, 1.82) is 0 Å². The van der Waals surface area contributed by atoms with Crippen LogP contribution in [-0.4, -0.2) is 42.4 Å². The van der Waals surface area contributed by atoms with Crippen LogP contribution in [0.15, 0.2) is 33.0 Å². The van der Waals surface area contributed by atoms with Crippen molar-refractivity contribution in [2.75, 3.05) is 26.0 Å². The predicted octanol–water partition coefficient (Wildman–Crippen LogP) is 3.56. The molecule has 1 amide bonds. The van der Waals surface area contributed by atoms with E-state index in [-0.39, 0.29) is 5.91 Å². The summed E-state index contributed by atoms with van der Waals surface area (Å²) >= 11 is 5.06. The van der Waals surface area contributed by atoms with E-state index in [1.165, 1.54) is 0 Å². The van der Waals surface area contributed by atoms with Gasteiger partial charge in [-0.3, -0.25) is 9.79 Å². The Morgan fingerprint density at radius 2 is 2.15 bits per heavy atom. The number of hydrogen-bond acceptors (Lipinski definition) is 4. The van der Waals surface area contributed by atoms with E-state index in [4.69, 9.17) is 0 Å². The first-order valence-electron chi connectivity index (χ1n) is 8.28. The lowest BCUT2D eigenvalue weighted by atomic mass is 10.2. The van der Waals surface area contributed by atoms with Crippen molar-refractivity contribution in [2.24, 2.45) is 4.99 Å². The zero-order chi connectivity index (χ0) is 19.1. The lowest BCUT2D eigenvalue weighted by molar-refractivity contribution is -0.116. The molecule has 0 saturated heterocycles. The number of carbonyl (C=O) groups is 1. The molecular formula is C18H24BrN5OS. The summed E-state index contributed by atoms with van der Waals surface area (Å²) in [7, 11) is 3.69. The molecule has 1 heterocycles. The largest absolute Gasteiger partial charge is 0.356 e. The number of anilines is 1. The Kier molecular flexibility index (Phi) is 7.59. The van der Waals surface area contributed by atoms with Crippen LogP contribution in [0.25, 0.3) is 0 Å². The quantitative estimate of drug-likeness (QED) is 0.535. The molecule has 0 unspecified atom stereocenters. The molecule has 0 aliphatic rings. The minimum Gasteiger partial charge on any atom is -0.356 e. The Labute approximate surface area is 166 Å². The van der Waals surface area contributed by atoms with Crippen LogP contribution in [-0.2, 0) is 11.3 Å². The molecule has 2 aromatic rings. The van der Waals surface area contributed by atoms with E-state index in [0.29, 0.717) is 19.5 Å². The monoisotopic (exact) mass is 437 g/mol. The van der Waals surface area contributed by atoms with Crippen molar-refractivity contribution < 1.29 is 4.79 Å². The molecule has 0 saturated carbocycles. The maximum Gasteiger partial charge on any atom is 0.226 e. The van der Waals surface area contributed by atoms with Gasteiger partial charge in [0, 0.05) is 42.6 Å². The molecule has 140 valence electrons. The van der Waals surface area contributed by atoms with Gasteiger partial charge in [-0.15, -0.1) is 11.3 Å². The highest BCUT2D eigenvalue weighted by atomic mass is 79.9. The molecule has 0 fully saturated rings. The molecule has 8 heteroatoms. The van der Waals surface area contributed by atoms with Crippen LogP contribution in [0.4, 0.5) is 5.69 Å². The number of aromatic nitrogens is 1. The van der Waals surface area contributed by atoms with Gasteiger partial charge in [0.25, 0.3) is 0 Å². The van der Waals surface area contributed by atoms with Gasteiger partial charge in [0.05, 0.1) is 17.2 Å². The van der Waals surface area contributed by atoms with Gasteiger partial charge in [0.2, 0.25) is 5.91 Å². The van der Waals surface area contributed by atoms with Crippen LogP contribution >= 0.6 is 27.3 Å². The molecule has 6 nitrogen and oxygen atoms in total. The molecule has 1 aromatic carbocycles. The Morgan fingerprint density at radius 3 is 2.81 bits per heavy atom. The molecule has 0 spiro atoms. The highest BCUT2D eigenvalue weighted by Gasteiger charge is 2.10. The average molecular weight is 438 g/mol. The normalized spacial score (nSPS) is 11.3. The Hall–Kier alpha value is -1.93. The van der Waals surface area contributed by atoms with Gasteiger partial charge in [-0.05, 0) is 31.5 Å². The van der Waals surface area contributed by atoms with E-state index >= 15 is 0 Å². The van der Waals surface area contributed by atoms with E-state index in [0.717, 1.165) is 32.4 Å². The molecule has 0 radical (unpaired) electrons. The van der Waals surface area contributed by atoms with Gasteiger partial charge in [0.15, 0.2) is 5.96 Å². The van der Waals surface area contributed by atoms with Crippen LogP contribution in [0, 0.1) is 13.8 Å². The fraction of sp³-hybridized carbons (Fsp3) is 0.389. The van der Waals surface area contributed by atoms with E-state index in [2.05, 4.69) is 36.5 Å². The van der Waals surface area contributed by atoms with Crippen LogP contribution in [0.5, 0.6) is 0 Å². The third-order valence-electron chi connectivity index (χ3n) is 3.75. The number of hydrogen-bond donors (Lipinski definition) is 2. The van der Waals surface area contributed by atoms with Gasteiger partial charge in [-0.2, -0.15) is 0 Å². The highest BCUT2D eigenvalue weighted by molar-refractivity contribution is 9.10. The third kappa shape index (κ3) is 6.10. The SMILES string of the molecule is CN=C(NCCC(=O)Nc1cc(Br)ccc1C)N(C)Cc1csc(C)n1. The van der Waals surface area contributed by atoms with E-state index in [1.807, 2.05) is 49.4 Å². The number of nitrogens with one attached hydrogen (secondary N) is 2. The standard InChI is InChI=1S/C18H24BrN5OS/c1-12-5-6-14(19)9-16(12)23-17(25)7-8-21-18(20-3)24(4)10-15-11-26-13(2)22-15/h5-6,9,11H,7-8,10H2,1-4H3,(H,20,21)(H,23,25). The van der Waals surface area contributed by atoms with Gasteiger partial charge in [-0.1, -0.05) is 22.0 Å². The lowest BCUT2D eigenvalue weighted by Gasteiger charge is -2.21. The molecule has 2 N–H and O–H groups in total. The van der Waals surface area contributed by atoms with Crippen molar-refractivity contribution in [2.45, 2.75) is 26.8 Å². The molecule has 2 rings (SSSR count). The second-order valence-electron chi connectivity index (χ2n) is 5.95. The van der Waals surface area contributed by atoms with E-state index in [9.17, 15) is 4.79 Å². The Bertz CT molecular complexity index is 790. The maximum absolute atomic E-state index is 12.2. The molecule has 0 bridgehead atoms. The first kappa shape index (κ1) is 20.4. The molecule has 1 aromatic heterocycles. The van der Waals surface area contributed by atoms with Crippen molar-refractivity contribution in [3.05, 3.63) is 44.3 Å². The number of rotatable bonds is 6. The molecule has 0 aliphatic carbocycles. The van der Waals surface area contributed by atoms with Crippen LogP contribution in [0.3, 0.4) is 0 Å². The number of thiazole rings is 1. The van der Waals surface area contributed by atoms with Crippen molar-refractivity contribution >= 4 is 44.8 Å². The Balaban J connectivity index is 1.81. The number of amides is 1. The molecule has 0 atom stereocenters. The summed E-state index contributed by atoms with van der Waals surface area (Å²) in [4.78, 5) is 22.9. The number of guanidine groups is 1. The lowest BCUT2D eigenvalue weighted by Crippen LogP contribution is -2.39. The second kappa shape index (κ2) is 9.68. The van der Waals surface area contributed by atoms with Gasteiger partial charge in [0.1, 0.15) is 0 Å². The average Bonchev–Trinajstić information content (AvgIpc) is 2.99. The predicted molar refractivity (Wildman–Crippen MR) is 112 cm³/mol. The number of carbonyl (C=O) groups excluding carboxylic acids is 1. The van der Waals surface area contributed by atoms with Crippen LogP contribution < -0.4 is 10.6 Å². The summed E-state index contributed by atoms with van der Waals surface area (Å²) in [5.74, 6) is 0.703. The zero-order valence-corrected chi connectivity index (χ0v) is 17.9. The summed E-state index contributed by atoms with van der Waals surface area (Å²) in [6.45, 7) is 5.14. The highest BCUT2D eigenvalue weighted by Crippen LogP contribution is 2.20.